The van der Waals surface area contributed by atoms with E-state index in [0.717, 1.165) is 12.0 Å². The van der Waals surface area contributed by atoms with E-state index in [-0.39, 0.29) is 24.2 Å². The van der Waals surface area contributed by atoms with Gasteiger partial charge in [-0.2, -0.15) is 4.98 Å². The molecule has 1 aliphatic rings. The monoisotopic (exact) mass is 362 g/mol. The van der Waals surface area contributed by atoms with Crippen molar-refractivity contribution in [3.8, 4) is 0 Å². The van der Waals surface area contributed by atoms with Gasteiger partial charge in [-0.05, 0) is 24.1 Å². The van der Waals surface area contributed by atoms with Crippen molar-refractivity contribution in [1.82, 2.24) is 20.4 Å². The van der Waals surface area contributed by atoms with Gasteiger partial charge in [0.1, 0.15) is 11.9 Å². The van der Waals surface area contributed by atoms with E-state index in [1.54, 1.807) is 6.07 Å². The molecule has 1 aliphatic heterocycles. The fourth-order valence-corrected chi connectivity index (χ4v) is 2.94. The summed E-state index contributed by atoms with van der Waals surface area (Å²) in [5.41, 5.74) is 0.734. The zero-order chi connectivity index (χ0) is 18.4. The summed E-state index contributed by atoms with van der Waals surface area (Å²) in [5, 5.41) is 6.71. The van der Waals surface area contributed by atoms with E-state index < -0.39 is 0 Å². The summed E-state index contributed by atoms with van der Waals surface area (Å²) in [7, 11) is 0. The molecule has 0 radical (unpaired) electrons. The van der Waals surface area contributed by atoms with Crippen molar-refractivity contribution < 1.29 is 18.4 Å². The first-order valence-corrected chi connectivity index (χ1v) is 8.84. The lowest BCUT2D eigenvalue weighted by molar-refractivity contribution is -0.120. The van der Waals surface area contributed by atoms with Crippen LogP contribution >= 0.6 is 0 Å². The number of rotatable bonds is 7. The molecule has 1 atom stereocenters. The van der Waals surface area contributed by atoms with Crippen LogP contribution < -0.4 is 5.32 Å². The van der Waals surface area contributed by atoms with Gasteiger partial charge >= 0.3 is 0 Å². The van der Waals surface area contributed by atoms with Crippen molar-refractivity contribution in [2.24, 2.45) is 0 Å². The molecule has 1 unspecified atom stereocenters. The molecule has 0 saturated carbocycles. The summed E-state index contributed by atoms with van der Waals surface area (Å²) < 4.78 is 24.6. The van der Waals surface area contributed by atoms with Gasteiger partial charge in [-0.1, -0.05) is 24.2 Å². The van der Waals surface area contributed by atoms with Gasteiger partial charge in [0.25, 0.3) is 0 Å². The maximum atomic E-state index is 13.7. The number of carbonyl (C=O) groups excluding carboxylic acids is 1. The van der Waals surface area contributed by atoms with Crippen LogP contribution in [0.3, 0.4) is 0 Å². The van der Waals surface area contributed by atoms with Gasteiger partial charge in [0.2, 0.25) is 11.8 Å². The topological polar surface area (TPSA) is 80.5 Å². The van der Waals surface area contributed by atoms with Crippen molar-refractivity contribution >= 4 is 5.91 Å². The third-order valence-electron chi connectivity index (χ3n) is 4.18. The second kappa shape index (κ2) is 8.86. The minimum Gasteiger partial charge on any atom is -0.379 e. The van der Waals surface area contributed by atoms with Gasteiger partial charge in [0.15, 0.2) is 5.82 Å². The zero-order valence-electron chi connectivity index (χ0n) is 14.8. The first-order valence-electron chi connectivity index (χ1n) is 8.84. The predicted octanol–water partition coefficient (Wildman–Crippen LogP) is 1.70. The van der Waals surface area contributed by atoms with E-state index in [1.165, 1.54) is 12.1 Å². The lowest BCUT2D eigenvalue weighted by Crippen LogP contribution is -2.39. The molecule has 0 bridgehead atoms. The summed E-state index contributed by atoms with van der Waals surface area (Å²) in [6, 6.07) is 6.00. The van der Waals surface area contributed by atoms with Gasteiger partial charge in [-0.15, -0.1) is 0 Å². The van der Waals surface area contributed by atoms with Crippen molar-refractivity contribution in [3.05, 3.63) is 47.4 Å². The van der Waals surface area contributed by atoms with Crippen LogP contribution in [0.2, 0.25) is 0 Å². The van der Waals surface area contributed by atoms with Crippen molar-refractivity contribution in [1.29, 1.82) is 0 Å². The molecule has 0 spiro atoms. The first-order chi connectivity index (χ1) is 12.7. The molecule has 3 rings (SSSR count). The average Bonchev–Trinajstić information content (AvgIpc) is 3.09. The molecule has 1 amide bonds. The third-order valence-corrected chi connectivity index (χ3v) is 4.18. The number of nitrogens with zero attached hydrogens (tertiary/aromatic N) is 3. The van der Waals surface area contributed by atoms with E-state index in [2.05, 4.69) is 20.4 Å². The summed E-state index contributed by atoms with van der Waals surface area (Å²) in [6.45, 7) is 5.13. The van der Waals surface area contributed by atoms with Crippen LogP contribution in [0.15, 0.2) is 28.8 Å². The largest absolute Gasteiger partial charge is 0.379 e. The maximum absolute atomic E-state index is 13.7. The second-order valence-electron chi connectivity index (χ2n) is 6.18. The summed E-state index contributed by atoms with van der Waals surface area (Å²) in [6.07, 6.45) is 0.921. The summed E-state index contributed by atoms with van der Waals surface area (Å²) >= 11 is 0. The minimum absolute atomic E-state index is 0.0580. The Balaban J connectivity index is 1.82. The van der Waals surface area contributed by atoms with E-state index >= 15 is 0 Å². The molecule has 1 fully saturated rings. The number of amides is 1. The van der Waals surface area contributed by atoms with Crippen LogP contribution in [-0.2, 0) is 16.0 Å². The third kappa shape index (κ3) is 4.64. The SMILES string of the molecule is CCCNC(=O)Cc1noc(C(c2cccc(F)c2)N2CCOCC2)n1. The molecule has 7 nitrogen and oxygen atoms in total. The number of halogens is 1. The van der Waals surface area contributed by atoms with Gasteiger partial charge in [0, 0.05) is 19.6 Å². The van der Waals surface area contributed by atoms with Crippen molar-refractivity contribution in [3.63, 3.8) is 0 Å². The van der Waals surface area contributed by atoms with E-state index in [9.17, 15) is 9.18 Å². The number of benzene rings is 1. The Kier molecular flexibility index (Phi) is 6.30. The Morgan fingerprint density at radius 1 is 1.38 bits per heavy atom. The standard InChI is InChI=1S/C18H23FN4O3/c1-2-6-20-16(24)12-15-21-18(26-22-15)17(23-7-9-25-10-8-23)13-4-3-5-14(19)11-13/h3-5,11,17H,2,6-10,12H2,1H3,(H,20,24). The highest BCUT2D eigenvalue weighted by Gasteiger charge is 2.29. The Bertz CT molecular complexity index is 731. The van der Waals surface area contributed by atoms with Crippen LogP contribution in [0.5, 0.6) is 0 Å². The molecule has 0 aliphatic carbocycles. The van der Waals surface area contributed by atoms with Crippen LogP contribution in [0, 0.1) is 5.82 Å². The summed E-state index contributed by atoms with van der Waals surface area (Å²) in [5.74, 6) is 0.214. The van der Waals surface area contributed by atoms with Gasteiger partial charge in [-0.3, -0.25) is 9.69 Å². The van der Waals surface area contributed by atoms with Gasteiger partial charge < -0.3 is 14.6 Å². The highest BCUT2D eigenvalue weighted by Crippen LogP contribution is 2.28. The quantitative estimate of drug-likeness (QED) is 0.808. The highest BCUT2D eigenvalue weighted by atomic mass is 19.1. The fourth-order valence-electron chi connectivity index (χ4n) is 2.94. The minimum atomic E-state index is -0.366. The molecule has 1 N–H and O–H groups in total. The maximum Gasteiger partial charge on any atom is 0.248 e. The number of aromatic nitrogens is 2. The van der Waals surface area contributed by atoms with Gasteiger partial charge in [-0.25, -0.2) is 4.39 Å². The normalized spacial score (nSPS) is 16.4. The van der Waals surface area contributed by atoms with Gasteiger partial charge in [0.05, 0.1) is 19.6 Å². The van der Waals surface area contributed by atoms with Crippen LogP contribution in [-0.4, -0.2) is 53.8 Å². The number of nitrogens with one attached hydrogen (secondary N) is 1. The smallest absolute Gasteiger partial charge is 0.248 e. The molecule has 1 saturated heterocycles. The Labute approximate surface area is 151 Å². The van der Waals surface area contributed by atoms with Crippen molar-refractivity contribution in [2.75, 3.05) is 32.8 Å². The molecular formula is C18H23FN4O3. The molecule has 2 aromatic rings. The molecule has 8 heteroatoms. The Morgan fingerprint density at radius 3 is 2.92 bits per heavy atom. The highest BCUT2D eigenvalue weighted by molar-refractivity contribution is 5.77. The number of hydrogen-bond acceptors (Lipinski definition) is 6. The van der Waals surface area contributed by atoms with Crippen LogP contribution in [0.1, 0.15) is 36.7 Å². The molecule has 140 valence electrons. The van der Waals surface area contributed by atoms with E-state index in [4.69, 9.17) is 9.26 Å². The lowest BCUT2D eigenvalue weighted by atomic mass is 10.0. The second-order valence-corrected chi connectivity index (χ2v) is 6.18. The number of hydrogen-bond donors (Lipinski definition) is 1. The average molecular weight is 362 g/mol. The number of morpholine rings is 1. The first kappa shape index (κ1) is 18.5. The molecule has 1 aromatic heterocycles. The Hall–Kier alpha value is -2.32. The van der Waals surface area contributed by atoms with Crippen LogP contribution in [0.4, 0.5) is 4.39 Å². The predicted molar refractivity (Wildman–Crippen MR) is 91.9 cm³/mol. The van der Waals surface area contributed by atoms with E-state index in [0.29, 0.717) is 44.6 Å². The van der Waals surface area contributed by atoms with E-state index in [1.807, 2.05) is 13.0 Å². The fraction of sp³-hybridized carbons (Fsp3) is 0.500. The molecule has 2 heterocycles. The number of carbonyl (C=O) groups is 1. The lowest BCUT2D eigenvalue weighted by Gasteiger charge is -2.32. The van der Waals surface area contributed by atoms with Crippen LogP contribution in [0.25, 0.3) is 0 Å². The molecule has 1 aromatic carbocycles. The molecule has 26 heavy (non-hydrogen) atoms. The zero-order valence-corrected chi connectivity index (χ0v) is 14.8. The summed E-state index contributed by atoms with van der Waals surface area (Å²) in [4.78, 5) is 18.4. The Morgan fingerprint density at radius 2 is 2.19 bits per heavy atom. The van der Waals surface area contributed by atoms with Crippen molar-refractivity contribution in [2.45, 2.75) is 25.8 Å². The molecular weight excluding hydrogens is 339 g/mol. The number of ether oxygens (including phenoxy) is 1.